The van der Waals surface area contributed by atoms with E-state index in [1.165, 1.54) is 17.3 Å². The molecule has 36 heavy (non-hydrogen) atoms. The summed E-state index contributed by atoms with van der Waals surface area (Å²) in [4.78, 5) is 35.9. The van der Waals surface area contributed by atoms with Crippen molar-refractivity contribution < 1.29 is 24.2 Å². The van der Waals surface area contributed by atoms with Crippen LogP contribution < -0.4 is 9.47 Å². The smallest absolute Gasteiger partial charge is 0.295 e. The standard InChI is InChI=1S/C27H30N4O5/c1-3-4-16-36-21-7-6-20(17-22(21)35-2)24-23(25(32)19-8-10-28-11-9-19)26(33)27(34)31(24)14-5-13-30-15-12-29-18-30/h6-12,15,17-18,24,32H,3-5,13-14,16H2,1-2H3. The first-order valence-corrected chi connectivity index (χ1v) is 12.0. The molecule has 1 amide bonds. The number of ketones is 1. The van der Waals surface area contributed by atoms with E-state index in [0.717, 1.165) is 12.8 Å². The van der Waals surface area contributed by atoms with Gasteiger partial charge in [-0.3, -0.25) is 14.6 Å². The first-order chi connectivity index (χ1) is 17.5. The molecule has 0 saturated carbocycles. The molecule has 0 spiro atoms. The number of nitrogens with zero attached hydrogens (tertiary/aromatic N) is 4. The van der Waals surface area contributed by atoms with Gasteiger partial charge in [0.25, 0.3) is 11.7 Å². The van der Waals surface area contributed by atoms with E-state index in [1.807, 2.05) is 16.8 Å². The van der Waals surface area contributed by atoms with Crippen molar-refractivity contribution in [3.63, 3.8) is 0 Å². The highest BCUT2D eigenvalue weighted by Gasteiger charge is 2.46. The van der Waals surface area contributed by atoms with Crippen LogP contribution in [-0.4, -0.2) is 56.5 Å². The Labute approximate surface area is 210 Å². The van der Waals surface area contributed by atoms with E-state index in [4.69, 9.17) is 9.47 Å². The molecule has 2 aromatic heterocycles. The zero-order chi connectivity index (χ0) is 25.5. The van der Waals surface area contributed by atoms with Crippen molar-refractivity contribution in [2.45, 2.75) is 38.8 Å². The number of ether oxygens (including phenoxy) is 2. The molecule has 1 saturated heterocycles. The molecule has 9 heteroatoms. The number of aliphatic hydroxyl groups excluding tert-OH is 1. The van der Waals surface area contributed by atoms with E-state index in [0.29, 0.717) is 48.7 Å². The average molecular weight is 491 g/mol. The summed E-state index contributed by atoms with van der Waals surface area (Å²) < 4.78 is 13.3. The van der Waals surface area contributed by atoms with E-state index >= 15 is 0 Å². The van der Waals surface area contributed by atoms with Gasteiger partial charge in [0, 0.05) is 43.4 Å². The minimum Gasteiger partial charge on any atom is -0.507 e. The number of aryl methyl sites for hydroxylation is 1. The third-order valence-electron chi connectivity index (χ3n) is 6.13. The fourth-order valence-electron chi connectivity index (χ4n) is 4.27. The second kappa shape index (κ2) is 11.5. The van der Waals surface area contributed by atoms with Gasteiger partial charge in [0.1, 0.15) is 5.76 Å². The Hall–Kier alpha value is -4.14. The number of Topliss-reactive ketones (excluding diaryl/α,β-unsaturated/α-hetero) is 1. The number of benzene rings is 1. The van der Waals surface area contributed by atoms with Crippen LogP contribution in [-0.2, 0) is 16.1 Å². The third-order valence-corrected chi connectivity index (χ3v) is 6.13. The maximum absolute atomic E-state index is 13.2. The second-order valence-corrected chi connectivity index (χ2v) is 8.49. The van der Waals surface area contributed by atoms with Gasteiger partial charge in [0.05, 0.1) is 31.7 Å². The third kappa shape index (κ3) is 5.25. The lowest BCUT2D eigenvalue weighted by atomic mass is 9.95. The first kappa shape index (κ1) is 25.0. The van der Waals surface area contributed by atoms with Crippen molar-refractivity contribution in [2.24, 2.45) is 0 Å². The van der Waals surface area contributed by atoms with Crippen molar-refractivity contribution in [1.82, 2.24) is 19.4 Å². The molecule has 1 N–H and O–H groups in total. The second-order valence-electron chi connectivity index (χ2n) is 8.49. The van der Waals surface area contributed by atoms with Gasteiger partial charge < -0.3 is 24.0 Å². The van der Waals surface area contributed by atoms with Crippen LogP contribution in [0.3, 0.4) is 0 Å². The summed E-state index contributed by atoms with van der Waals surface area (Å²) in [6.45, 7) is 3.59. The van der Waals surface area contributed by atoms with E-state index in [-0.39, 0.29) is 11.3 Å². The number of likely N-dealkylation sites (tertiary alicyclic amines) is 1. The molecule has 1 aromatic carbocycles. The lowest BCUT2D eigenvalue weighted by molar-refractivity contribution is -0.139. The van der Waals surface area contributed by atoms with Crippen molar-refractivity contribution in [3.05, 3.63) is 78.1 Å². The number of aromatic nitrogens is 3. The normalized spacial score (nSPS) is 16.9. The van der Waals surface area contributed by atoms with Gasteiger partial charge in [-0.15, -0.1) is 0 Å². The number of aliphatic hydroxyl groups is 1. The molecule has 0 aliphatic carbocycles. The van der Waals surface area contributed by atoms with Crippen molar-refractivity contribution >= 4 is 17.4 Å². The minimum absolute atomic E-state index is 0.0375. The Morgan fingerprint density at radius 1 is 1.03 bits per heavy atom. The SMILES string of the molecule is CCCCOc1ccc(C2C(=C(O)c3ccncc3)C(=O)C(=O)N2CCCn2ccnc2)cc1OC. The quantitative estimate of drug-likeness (QED) is 0.188. The summed E-state index contributed by atoms with van der Waals surface area (Å²) in [5.74, 6) is -0.528. The Morgan fingerprint density at radius 2 is 1.83 bits per heavy atom. The molecule has 1 aliphatic heterocycles. The number of hydrogen-bond acceptors (Lipinski definition) is 7. The number of rotatable bonds is 11. The molecule has 1 atom stereocenters. The molecule has 188 valence electrons. The molecule has 3 heterocycles. The Balaban J connectivity index is 1.72. The number of imidazole rings is 1. The monoisotopic (exact) mass is 490 g/mol. The number of carbonyl (C=O) groups is 2. The minimum atomic E-state index is -0.778. The zero-order valence-corrected chi connectivity index (χ0v) is 20.5. The highest BCUT2D eigenvalue weighted by molar-refractivity contribution is 6.46. The molecule has 0 bridgehead atoms. The molecule has 4 rings (SSSR count). The van der Waals surface area contributed by atoms with Crippen LogP contribution in [0.1, 0.15) is 43.4 Å². The van der Waals surface area contributed by atoms with Crippen LogP contribution in [0.2, 0.25) is 0 Å². The molecule has 9 nitrogen and oxygen atoms in total. The van der Waals surface area contributed by atoms with Crippen LogP contribution in [0.25, 0.3) is 5.76 Å². The Kier molecular flexibility index (Phi) is 7.99. The Morgan fingerprint density at radius 3 is 2.53 bits per heavy atom. The van der Waals surface area contributed by atoms with Crippen molar-refractivity contribution in [2.75, 3.05) is 20.3 Å². The van der Waals surface area contributed by atoms with Gasteiger partial charge in [-0.25, -0.2) is 4.98 Å². The zero-order valence-electron chi connectivity index (χ0n) is 20.5. The van der Waals surface area contributed by atoms with Crippen LogP contribution in [0.5, 0.6) is 11.5 Å². The number of carbonyl (C=O) groups excluding carboxylic acids is 2. The highest BCUT2D eigenvalue weighted by atomic mass is 16.5. The van der Waals surface area contributed by atoms with Crippen LogP contribution in [0, 0.1) is 0 Å². The maximum Gasteiger partial charge on any atom is 0.295 e. The first-order valence-electron chi connectivity index (χ1n) is 12.0. The maximum atomic E-state index is 13.2. The van der Waals surface area contributed by atoms with E-state index in [1.54, 1.807) is 43.9 Å². The van der Waals surface area contributed by atoms with Gasteiger partial charge in [-0.2, -0.15) is 0 Å². The summed E-state index contributed by atoms with van der Waals surface area (Å²) in [7, 11) is 1.55. The summed E-state index contributed by atoms with van der Waals surface area (Å²) in [5, 5.41) is 11.1. The van der Waals surface area contributed by atoms with Crippen molar-refractivity contribution in [3.8, 4) is 11.5 Å². The van der Waals surface area contributed by atoms with Gasteiger partial charge in [0.15, 0.2) is 11.5 Å². The van der Waals surface area contributed by atoms with Gasteiger partial charge in [0.2, 0.25) is 0 Å². The lowest BCUT2D eigenvalue weighted by Crippen LogP contribution is -2.31. The average Bonchev–Trinajstić information content (AvgIpc) is 3.51. The lowest BCUT2D eigenvalue weighted by Gasteiger charge is -2.26. The fraction of sp³-hybridized carbons (Fsp3) is 0.333. The highest BCUT2D eigenvalue weighted by Crippen LogP contribution is 2.42. The van der Waals surface area contributed by atoms with E-state index < -0.39 is 17.7 Å². The fourth-order valence-corrected chi connectivity index (χ4v) is 4.27. The number of amides is 1. The van der Waals surface area contributed by atoms with E-state index in [2.05, 4.69) is 16.9 Å². The largest absolute Gasteiger partial charge is 0.507 e. The van der Waals surface area contributed by atoms with Crippen molar-refractivity contribution in [1.29, 1.82) is 0 Å². The number of methoxy groups -OCH3 is 1. The summed E-state index contributed by atoms with van der Waals surface area (Å²) in [5.41, 5.74) is 1.10. The number of pyridine rings is 1. The number of hydrogen-bond donors (Lipinski definition) is 1. The molecular weight excluding hydrogens is 460 g/mol. The summed E-state index contributed by atoms with van der Waals surface area (Å²) >= 11 is 0. The predicted molar refractivity (Wildman–Crippen MR) is 133 cm³/mol. The predicted octanol–water partition coefficient (Wildman–Crippen LogP) is 3.98. The Bertz CT molecular complexity index is 1220. The summed E-state index contributed by atoms with van der Waals surface area (Å²) in [6, 6.07) is 7.78. The molecular formula is C27H30N4O5. The molecule has 1 aliphatic rings. The molecule has 1 unspecified atom stereocenters. The van der Waals surface area contributed by atoms with E-state index in [9.17, 15) is 14.7 Å². The van der Waals surface area contributed by atoms with Crippen LogP contribution >= 0.6 is 0 Å². The molecule has 3 aromatic rings. The van der Waals surface area contributed by atoms with Gasteiger partial charge in [-0.1, -0.05) is 19.4 Å². The van der Waals surface area contributed by atoms with Crippen LogP contribution in [0.15, 0.2) is 67.0 Å². The summed E-state index contributed by atoms with van der Waals surface area (Å²) in [6.07, 6.45) is 10.8. The van der Waals surface area contributed by atoms with Gasteiger partial charge in [-0.05, 0) is 42.7 Å². The topological polar surface area (TPSA) is 107 Å². The number of unbranched alkanes of at least 4 members (excludes halogenated alkanes) is 1. The van der Waals surface area contributed by atoms with Crippen LogP contribution in [0.4, 0.5) is 0 Å². The molecule has 1 fully saturated rings. The molecule has 0 radical (unpaired) electrons. The van der Waals surface area contributed by atoms with Gasteiger partial charge >= 0.3 is 0 Å².